The van der Waals surface area contributed by atoms with E-state index in [1.54, 1.807) is 0 Å². The molecule has 3 saturated heterocycles. The van der Waals surface area contributed by atoms with Crippen LogP contribution in [-0.2, 0) is 9.53 Å². The van der Waals surface area contributed by atoms with Crippen molar-refractivity contribution in [1.82, 2.24) is 9.80 Å². The van der Waals surface area contributed by atoms with Gasteiger partial charge in [0.25, 0.3) is 11.8 Å². The predicted molar refractivity (Wildman–Crippen MR) is 80.1 cm³/mol. The summed E-state index contributed by atoms with van der Waals surface area (Å²) in [7, 11) is 0. The van der Waals surface area contributed by atoms with Crippen LogP contribution in [0.2, 0.25) is 0 Å². The summed E-state index contributed by atoms with van der Waals surface area (Å²) in [6, 6.07) is 9.31. The molecule has 3 heterocycles. The Kier molecular flexibility index (Phi) is 3.18. The van der Waals surface area contributed by atoms with Crippen molar-refractivity contribution in [3.8, 4) is 0 Å². The Morgan fingerprint density at radius 1 is 1.14 bits per heavy atom. The van der Waals surface area contributed by atoms with Gasteiger partial charge in [-0.05, 0) is 25.0 Å². The van der Waals surface area contributed by atoms with Crippen LogP contribution in [0.4, 0.5) is 0 Å². The molecule has 1 atom stereocenters. The lowest BCUT2D eigenvalue weighted by Gasteiger charge is -2.37. The third-order valence-electron chi connectivity index (χ3n) is 5.09. The van der Waals surface area contributed by atoms with Crippen molar-refractivity contribution in [3.63, 3.8) is 0 Å². The first kappa shape index (κ1) is 13.8. The van der Waals surface area contributed by atoms with E-state index in [1.165, 1.54) is 0 Å². The first-order valence-electron chi connectivity index (χ1n) is 8.03. The highest BCUT2D eigenvalue weighted by Gasteiger charge is 2.55. The zero-order chi connectivity index (χ0) is 15.2. The summed E-state index contributed by atoms with van der Waals surface area (Å²) in [5, 5.41) is 0. The molecule has 0 aliphatic carbocycles. The van der Waals surface area contributed by atoms with E-state index in [4.69, 9.17) is 4.74 Å². The highest BCUT2D eigenvalue weighted by molar-refractivity contribution is 5.94. The smallest absolute Gasteiger partial charge is 0.257 e. The molecule has 0 bridgehead atoms. The summed E-state index contributed by atoms with van der Waals surface area (Å²) >= 11 is 0. The Labute approximate surface area is 129 Å². The molecule has 116 valence electrons. The minimum absolute atomic E-state index is 0.0242. The fourth-order valence-corrected chi connectivity index (χ4v) is 3.83. The summed E-state index contributed by atoms with van der Waals surface area (Å²) in [5.41, 5.74) is 0.0381. The average Bonchev–Trinajstić information content (AvgIpc) is 3.11. The van der Waals surface area contributed by atoms with Crippen molar-refractivity contribution in [3.05, 3.63) is 35.9 Å². The molecular formula is C17H20N2O3. The maximum Gasteiger partial charge on any atom is 0.257 e. The van der Waals surface area contributed by atoms with Crippen LogP contribution < -0.4 is 0 Å². The van der Waals surface area contributed by atoms with Gasteiger partial charge in [-0.1, -0.05) is 18.2 Å². The van der Waals surface area contributed by atoms with E-state index < -0.39 is 5.60 Å². The molecule has 4 rings (SSSR count). The van der Waals surface area contributed by atoms with Crippen LogP contribution in [0.5, 0.6) is 0 Å². The Morgan fingerprint density at radius 3 is 2.55 bits per heavy atom. The molecule has 1 unspecified atom stereocenters. The van der Waals surface area contributed by atoms with E-state index in [2.05, 4.69) is 0 Å². The molecule has 0 N–H and O–H groups in total. The molecule has 1 aromatic rings. The van der Waals surface area contributed by atoms with E-state index in [0.717, 1.165) is 19.4 Å². The van der Waals surface area contributed by atoms with Gasteiger partial charge in [-0.3, -0.25) is 9.59 Å². The van der Waals surface area contributed by atoms with Crippen molar-refractivity contribution in [2.45, 2.75) is 37.5 Å². The summed E-state index contributed by atoms with van der Waals surface area (Å²) in [6.45, 7) is 1.98. The number of carbonyl (C=O) groups excluding carboxylic acids is 2. The van der Waals surface area contributed by atoms with Gasteiger partial charge in [0.15, 0.2) is 5.60 Å². The maximum atomic E-state index is 12.6. The molecule has 1 spiro atoms. The van der Waals surface area contributed by atoms with Crippen LogP contribution in [0.25, 0.3) is 0 Å². The third kappa shape index (κ3) is 2.03. The number of hydrogen-bond acceptors (Lipinski definition) is 3. The number of rotatable bonds is 1. The van der Waals surface area contributed by atoms with E-state index in [9.17, 15) is 9.59 Å². The Morgan fingerprint density at radius 2 is 1.86 bits per heavy atom. The standard InChI is InChI=1S/C17H20N2O3/c20-15(13-5-2-1-3-6-13)18-11-8-17(9-12-18)16(21)19-10-4-7-14(19)22-17/h1-3,5-6,14H,4,7-12H2. The molecule has 2 amide bonds. The summed E-state index contributed by atoms with van der Waals surface area (Å²) in [5.74, 6) is 0.184. The molecule has 0 radical (unpaired) electrons. The number of fused-ring (bicyclic) bond motifs is 1. The number of benzene rings is 1. The minimum Gasteiger partial charge on any atom is -0.342 e. The number of nitrogens with zero attached hydrogens (tertiary/aromatic N) is 2. The van der Waals surface area contributed by atoms with E-state index in [0.29, 0.717) is 31.5 Å². The van der Waals surface area contributed by atoms with Crippen LogP contribution in [0, 0.1) is 0 Å². The second-order valence-electron chi connectivity index (χ2n) is 6.37. The molecule has 3 aliphatic rings. The topological polar surface area (TPSA) is 49.9 Å². The summed E-state index contributed by atoms with van der Waals surface area (Å²) < 4.78 is 6.10. The van der Waals surface area contributed by atoms with Crippen LogP contribution in [0.3, 0.4) is 0 Å². The minimum atomic E-state index is -0.668. The summed E-state index contributed by atoms with van der Waals surface area (Å²) in [6.07, 6.45) is 3.17. The van der Waals surface area contributed by atoms with Gasteiger partial charge in [0.05, 0.1) is 0 Å². The molecule has 0 saturated carbocycles. The number of ether oxygens (including phenoxy) is 1. The quantitative estimate of drug-likeness (QED) is 0.792. The fraction of sp³-hybridized carbons (Fsp3) is 0.529. The van der Waals surface area contributed by atoms with E-state index in [-0.39, 0.29) is 18.0 Å². The predicted octanol–water partition coefficient (Wildman–Crippen LogP) is 1.64. The number of hydrogen-bond donors (Lipinski definition) is 0. The molecule has 5 heteroatoms. The fourth-order valence-electron chi connectivity index (χ4n) is 3.83. The van der Waals surface area contributed by atoms with Gasteiger partial charge in [0.1, 0.15) is 6.23 Å². The molecule has 3 fully saturated rings. The Hall–Kier alpha value is -1.88. The lowest BCUT2D eigenvalue weighted by Crippen LogP contribution is -2.51. The second kappa shape index (κ2) is 5.09. The number of amides is 2. The van der Waals surface area contributed by atoms with E-state index >= 15 is 0 Å². The largest absolute Gasteiger partial charge is 0.342 e. The zero-order valence-electron chi connectivity index (χ0n) is 12.5. The van der Waals surface area contributed by atoms with Crippen molar-refractivity contribution in [2.24, 2.45) is 0 Å². The summed E-state index contributed by atoms with van der Waals surface area (Å²) in [4.78, 5) is 28.8. The molecular weight excluding hydrogens is 280 g/mol. The first-order valence-corrected chi connectivity index (χ1v) is 8.03. The van der Waals surface area contributed by atoms with Gasteiger partial charge in [0, 0.05) is 38.0 Å². The second-order valence-corrected chi connectivity index (χ2v) is 6.37. The maximum absolute atomic E-state index is 12.6. The van der Waals surface area contributed by atoms with Crippen LogP contribution in [0.1, 0.15) is 36.0 Å². The van der Waals surface area contributed by atoms with Crippen molar-refractivity contribution >= 4 is 11.8 Å². The van der Waals surface area contributed by atoms with Crippen molar-refractivity contribution in [1.29, 1.82) is 0 Å². The highest BCUT2D eigenvalue weighted by Crippen LogP contribution is 2.40. The highest BCUT2D eigenvalue weighted by atomic mass is 16.6. The number of carbonyl (C=O) groups is 2. The van der Waals surface area contributed by atoms with Gasteiger partial charge in [0.2, 0.25) is 0 Å². The third-order valence-corrected chi connectivity index (χ3v) is 5.09. The van der Waals surface area contributed by atoms with Gasteiger partial charge in [-0.2, -0.15) is 0 Å². The van der Waals surface area contributed by atoms with Crippen LogP contribution in [0.15, 0.2) is 30.3 Å². The Balaban J connectivity index is 1.45. The molecule has 3 aliphatic heterocycles. The molecule has 1 aromatic carbocycles. The number of piperidine rings is 1. The Bertz CT molecular complexity index is 593. The van der Waals surface area contributed by atoms with Crippen LogP contribution in [-0.4, -0.2) is 53.1 Å². The van der Waals surface area contributed by atoms with Crippen LogP contribution >= 0.6 is 0 Å². The van der Waals surface area contributed by atoms with Crippen molar-refractivity contribution in [2.75, 3.05) is 19.6 Å². The zero-order valence-corrected chi connectivity index (χ0v) is 12.5. The molecule has 22 heavy (non-hydrogen) atoms. The lowest BCUT2D eigenvalue weighted by atomic mass is 9.90. The monoisotopic (exact) mass is 300 g/mol. The first-order chi connectivity index (χ1) is 10.7. The normalized spacial score (nSPS) is 26.5. The average molecular weight is 300 g/mol. The van der Waals surface area contributed by atoms with Gasteiger partial charge in [-0.15, -0.1) is 0 Å². The van der Waals surface area contributed by atoms with Gasteiger partial charge >= 0.3 is 0 Å². The van der Waals surface area contributed by atoms with Crippen molar-refractivity contribution < 1.29 is 14.3 Å². The SMILES string of the molecule is O=C(c1ccccc1)N1CCC2(CC1)OC1CCCN1C2=O. The van der Waals surface area contributed by atoms with Gasteiger partial charge < -0.3 is 14.5 Å². The lowest BCUT2D eigenvalue weighted by molar-refractivity contribution is -0.141. The molecule has 5 nitrogen and oxygen atoms in total. The van der Waals surface area contributed by atoms with E-state index in [1.807, 2.05) is 40.1 Å². The molecule has 0 aromatic heterocycles. The van der Waals surface area contributed by atoms with Gasteiger partial charge in [-0.25, -0.2) is 0 Å². The number of likely N-dealkylation sites (tertiary alicyclic amines) is 1.